The van der Waals surface area contributed by atoms with E-state index >= 15 is 4.39 Å². The van der Waals surface area contributed by atoms with E-state index in [1.165, 1.54) is 6.07 Å². The number of carbonyl (C=O) groups excluding carboxylic acids is 1. The molecule has 1 atom stereocenters. The molecule has 0 unspecified atom stereocenters. The molecule has 3 aromatic rings. The fourth-order valence-electron chi connectivity index (χ4n) is 3.84. The topological polar surface area (TPSA) is 94.2 Å². The fourth-order valence-corrected chi connectivity index (χ4v) is 3.84. The van der Waals surface area contributed by atoms with Gasteiger partial charge in [-0.25, -0.2) is 14.4 Å². The number of aromatic amines is 1. The second-order valence-corrected chi connectivity index (χ2v) is 7.88. The molecular formula is C23H28F2N6O2. The number of pyridine rings is 1. The van der Waals surface area contributed by atoms with Crippen LogP contribution in [0.4, 0.5) is 14.5 Å². The Morgan fingerprint density at radius 3 is 2.36 bits per heavy atom. The van der Waals surface area contributed by atoms with E-state index in [9.17, 15) is 14.0 Å². The molecule has 0 radical (unpaired) electrons. The van der Waals surface area contributed by atoms with Crippen LogP contribution in [0.25, 0.3) is 11.0 Å². The van der Waals surface area contributed by atoms with Gasteiger partial charge in [0.25, 0.3) is 5.56 Å². The van der Waals surface area contributed by atoms with E-state index in [0.29, 0.717) is 54.9 Å². The Kier molecular flexibility index (Phi) is 7.83. The number of carbonyl (C=O) groups is 1. The quantitative estimate of drug-likeness (QED) is 0.458. The number of hydrogen-bond acceptors (Lipinski definition) is 7. The molecule has 4 rings (SSSR count). The third-order valence-corrected chi connectivity index (χ3v) is 5.63. The fraction of sp³-hybridized carbons (Fsp3) is 0.391. The number of halogens is 2. The van der Waals surface area contributed by atoms with E-state index in [-0.39, 0.29) is 17.3 Å². The zero-order valence-corrected chi connectivity index (χ0v) is 19.2. The van der Waals surface area contributed by atoms with Gasteiger partial charge in [-0.3, -0.25) is 14.5 Å². The number of aromatic nitrogens is 3. The van der Waals surface area contributed by atoms with Gasteiger partial charge in [-0.15, -0.1) is 0 Å². The number of aldehydes is 1. The highest BCUT2D eigenvalue weighted by molar-refractivity contribution is 5.76. The smallest absolute Gasteiger partial charge is 0.269 e. The maximum Gasteiger partial charge on any atom is 0.269 e. The average Bonchev–Trinajstić information content (AvgIpc) is 2.81. The van der Waals surface area contributed by atoms with Gasteiger partial charge in [-0.2, -0.15) is 4.39 Å². The van der Waals surface area contributed by atoms with Crippen molar-refractivity contribution in [3.63, 3.8) is 0 Å². The number of nitrogens with one attached hydrogen (secondary N) is 2. The minimum Gasteiger partial charge on any atom is -0.365 e. The number of fused-ring (bicyclic) bond motifs is 1. The van der Waals surface area contributed by atoms with Crippen LogP contribution in [0.15, 0.2) is 29.1 Å². The van der Waals surface area contributed by atoms with Crippen LogP contribution in [0.5, 0.6) is 0 Å². The molecule has 33 heavy (non-hydrogen) atoms. The molecule has 0 aliphatic carbocycles. The zero-order valence-electron chi connectivity index (χ0n) is 19.2. The molecule has 10 heteroatoms. The second-order valence-electron chi connectivity index (χ2n) is 7.88. The number of hydrogen-bond donors (Lipinski definition) is 2. The summed E-state index contributed by atoms with van der Waals surface area (Å²) in [5, 5.41) is 2.75. The van der Waals surface area contributed by atoms with E-state index in [2.05, 4.69) is 25.2 Å². The summed E-state index contributed by atoms with van der Waals surface area (Å²) >= 11 is 0. The number of anilines is 1. The van der Waals surface area contributed by atoms with Crippen LogP contribution in [0, 0.1) is 18.7 Å². The van der Waals surface area contributed by atoms with Crippen molar-refractivity contribution in [1.29, 1.82) is 0 Å². The molecule has 2 N–H and O–H groups in total. The average molecular weight is 459 g/mol. The molecule has 1 aromatic carbocycles. The lowest BCUT2D eigenvalue weighted by molar-refractivity contribution is 0.111. The summed E-state index contributed by atoms with van der Waals surface area (Å²) in [6, 6.07) is 6.21. The lowest BCUT2D eigenvalue weighted by Gasteiger charge is -2.39. The van der Waals surface area contributed by atoms with Crippen LogP contribution < -0.4 is 15.8 Å². The highest BCUT2D eigenvalue weighted by atomic mass is 19.1. The molecule has 3 heterocycles. The molecule has 8 nitrogen and oxygen atoms in total. The van der Waals surface area contributed by atoms with Crippen LogP contribution in [-0.4, -0.2) is 66.4 Å². The molecule has 2 aromatic heterocycles. The summed E-state index contributed by atoms with van der Waals surface area (Å²) in [5.74, 6) is -1.15. The highest BCUT2D eigenvalue weighted by Gasteiger charge is 2.26. The molecule has 1 fully saturated rings. The van der Waals surface area contributed by atoms with Crippen molar-refractivity contribution in [3.8, 4) is 0 Å². The minimum absolute atomic E-state index is 0.0537. The molecular weight excluding hydrogens is 430 g/mol. The zero-order chi connectivity index (χ0) is 24.1. The Labute approximate surface area is 190 Å². The van der Waals surface area contributed by atoms with Gasteiger partial charge >= 0.3 is 0 Å². The van der Waals surface area contributed by atoms with Crippen LogP contribution in [0.3, 0.4) is 0 Å². The van der Waals surface area contributed by atoms with Crippen molar-refractivity contribution in [3.05, 3.63) is 63.3 Å². The Bertz CT molecular complexity index is 1190. The number of benzene rings is 1. The molecule has 0 spiro atoms. The first-order chi connectivity index (χ1) is 15.8. The van der Waals surface area contributed by atoms with Crippen LogP contribution in [-0.2, 0) is 0 Å². The summed E-state index contributed by atoms with van der Waals surface area (Å²) in [6.45, 7) is 5.75. The normalized spacial score (nSPS) is 15.2. The predicted molar refractivity (Wildman–Crippen MR) is 124 cm³/mol. The number of piperazine rings is 1. The Morgan fingerprint density at radius 1 is 1.09 bits per heavy atom. The maximum absolute atomic E-state index is 15.1. The van der Waals surface area contributed by atoms with Crippen LogP contribution in [0.1, 0.15) is 34.7 Å². The van der Waals surface area contributed by atoms with Crippen molar-refractivity contribution >= 4 is 23.0 Å². The van der Waals surface area contributed by atoms with Gasteiger partial charge in [0, 0.05) is 37.8 Å². The Morgan fingerprint density at radius 2 is 1.76 bits per heavy atom. The van der Waals surface area contributed by atoms with E-state index in [1.807, 2.05) is 25.9 Å². The predicted octanol–water partition coefficient (Wildman–Crippen LogP) is 2.44. The van der Waals surface area contributed by atoms with E-state index in [0.717, 1.165) is 0 Å². The van der Waals surface area contributed by atoms with Crippen molar-refractivity contribution in [2.45, 2.75) is 19.9 Å². The Balaban J connectivity index is 0.000000968. The minimum atomic E-state index is -0.673. The van der Waals surface area contributed by atoms with Crippen molar-refractivity contribution < 1.29 is 13.6 Å². The summed E-state index contributed by atoms with van der Waals surface area (Å²) in [6.07, 6.45) is 0.509. The number of H-pyrrole nitrogens is 1. The number of aryl methyl sites for hydroxylation is 1. The Hall–Kier alpha value is -3.24. The maximum atomic E-state index is 15.1. The summed E-state index contributed by atoms with van der Waals surface area (Å²) in [5.41, 5.74) is 1.28. The lowest BCUT2D eigenvalue weighted by atomic mass is 10.0. The molecule has 0 amide bonds. The molecule has 176 valence electrons. The number of rotatable bonds is 4. The first-order valence-corrected chi connectivity index (χ1v) is 10.7. The number of nitrogens with zero attached hydrogens (tertiary/aromatic N) is 4. The van der Waals surface area contributed by atoms with Gasteiger partial charge in [-0.1, -0.05) is 6.07 Å². The lowest BCUT2D eigenvalue weighted by Crippen LogP contribution is -2.47. The van der Waals surface area contributed by atoms with Gasteiger partial charge in [0.2, 0.25) is 5.95 Å². The highest BCUT2D eigenvalue weighted by Crippen LogP contribution is 2.28. The molecule has 0 bridgehead atoms. The molecule has 1 saturated heterocycles. The third kappa shape index (κ3) is 5.23. The van der Waals surface area contributed by atoms with Crippen molar-refractivity contribution in [1.82, 2.24) is 25.2 Å². The SMILES string of the molecule is CNC.Cc1nc2ccc([C@@H](C)N3CCN(c4ccc(C=O)nc4F)CC3)c(F)c2[nH]c1=O. The van der Waals surface area contributed by atoms with E-state index < -0.39 is 17.3 Å². The molecule has 0 saturated carbocycles. The molecule has 1 aliphatic heterocycles. The first kappa shape index (κ1) is 24.4. The van der Waals surface area contributed by atoms with E-state index in [4.69, 9.17) is 0 Å². The van der Waals surface area contributed by atoms with Crippen LogP contribution >= 0.6 is 0 Å². The van der Waals surface area contributed by atoms with Gasteiger partial charge < -0.3 is 15.2 Å². The largest absolute Gasteiger partial charge is 0.365 e. The van der Waals surface area contributed by atoms with Gasteiger partial charge in [0.1, 0.15) is 16.9 Å². The second kappa shape index (κ2) is 10.6. The van der Waals surface area contributed by atoms with Gasteiger partial charge in [0.05, 0.1) is 11.2 Å². The van der Waals surface area contributed by atoms with Gasteiger partial charge in [0.15, 0.2) is 12.1 Å². The molecule has 1 aliphatic rings. The summed E-state index contributed by atoms with van der Waals surface area (Å²) in [4.78, 5) is 36.9. The van der Waals surface area contributed by atoms with Crippen molar-refractivity contribution in [2.24, 2.45) is 0 Å². The van der Waals surface area contributed by atoms with Gasteiger partial charge in [-0.05, 0) is 46.1 Å². The summed E-state index contributed by atoms with van der Waals surface area (Å²) in [7, 11) is 3.75. The summed E-state index contributed by atoms with van der Waals surface area (Å²) < 4.78 is 29.3. The third-order valence-electron chi connectivity index (χ3n) is 5.63. The first-order valence-electron chi connectivity index (χ1n) is 10.7. The monoisotopic (exact) mass is 458 g/mol. The standard InChI is InChI=1S/C21H21F2N5O2.C2H7N/c1-12-21(30)26-19-16(24-12)5-4-15(18(19)22)13(2)27-7-9-28(10-8-27)17-6-3-14(11-29)25-20(17)23;1-3-2/h3-6,11,13H,7-10H2,1-2H3,(H,26,30);3H,1-2H3/t13-;/m1./s1. The van der Waals surface area contributed by atoms with Crippen LogP contribution in [0.2, 0.25) is 0 Å². The van der Waals surface area contributed by atoms with Crippen molar-refractivity contribution in [2.75, 3.05) is 45.2 Å². The van der Waals surface area contributed by atoms with E-state index in [1.54, 1.807) is 25.1 Å².